The van der Waals surface area contributed by atoms with Crippen LogP contribution in [0.5, 0.6) is 0 Å². The lowest BCUT2D eigenvalue weighted by molar-refractivity contribution is -0.193. The van der Waals surface area contributed by atoms with E-state index in [0.717, 1.165) is 22.5 Å². The number of nitrogens with one attached hydrogen (secondary N) is 1. The standard InChI is InChI=1S/C21H23N7O3S/c1-21(2)30-15-13(8-32-7-11-6-24-18-12(11)4-3-5-23-18)29-20(16(15)31-21)28-10-27-14-17(22)25-9-26-19(14)28/h3-6,9-10,13,15-16,20H,7-8H2,1-2H3,(H,23,24)(H2,22,25,26)/t13-,15-,16-,20-/m1/s1. The fourth-order valence-electron chi connectivity index (χ4n) is 4.49. The van der Waals surface area contributed by atoms with E-state index in [1.54, 1.807) is 24.3 Å². The third-order valence-electron chi connectivity index (χ3n) is 5.86. The monoisotopic (exact) mass is 453 g/mol. The second-order valence-electron chi connectivity index (χ2n) is 8.44. The van der Waals surface area contributed by atoms with Gasteiger partial charge in [0.15, 0.2) is 23.5 Å². The van der Waals surface area contributed by atoms with E-state index in [1.165, 1.54) is 11.9 Å². The summed E-state index contributed by atoms with van der Waals surface area (Å²) in [4.78, 5) is 20.4. The molecule has 4 aromatic heterocycles. The molecule has 2 aliphatic heterocycles. The number of aromatic amines is 1. The van der Waals surface area contributed by atoms with Gasteiger partial charge in [0.05, 0.1) is 12.4 Å². The van der Waals surface area contributed by atoms with Gasteiger partial charge in [0.2, 0.25) is 0 Å². The number of aromatic nitrogens is 6. The summed E-state index contributed by atoms with van der Waals surface area (Å²) in [5.74, 6) is 1.25. The summed E-state index contributed by atoms with van der Waals surface area (Å²) in [7, 11) is 0. The number of nitrogens with zero attached hydrogens (tertiary/aromatic N) is 5. The highest BCUT2D eigenvalue weighted by Gasteiger charge is 2.56. The van der Waals surface area contributed by atoms with Crippen LogP contribution < -0.4 is 5.73 Å². The van der Waals surface area contributed by atoms with Gasteiger partial charge in [0.25, 0.3) is 0 Å². The molecule has 0 aromatic carbocycles. The van der Waals surface area contributed by atoms with Gasteiger partial charge in [-0.2, -0.15) is 11.8 Å². The molecule has 4 atom stereocenters. The number of H-pyrrole nitrogens is 1. The molecule has 4 aromatic rings. The molecule has 11 heteroatoms. The van der Waals surface area contributed by atoms with Crippen molar-refractivity contribution < 1.29 is 14.2 Å². The number of hydrogen-bond donors (Lipinski definition) is 2. The lowest BCUT2D eigenvalue weighted by atomic mass is 10.1. The van der Waals surface area contributed by atoms with Crippen LogP contribution in [0.1, 0.15) is 25.6 Å². The third kappa shape index (κ3) is 3.24. The topological polar surface area (TPSA) is 126 Å². The Labute approximate surface area is 187 Å². The maximum atomic E-state index is 6.45. The largest absolute Gasteiger partial charge is 0.382 e. The summed E-state index contributed by atoms with van der Waals surface area (Å²) in [6, 6.07) is 4.04. The molecular formula is C21H23N7O3S. The molecule has 166 valence electrons. The number of hydrogen-bond acceptors (Lipinski definition) is 9. The fourth-order valence-corrected chi connectivity index (χ4v) is 5.57. The number of rotatable bonds is 5. The molecule has 2 aliphatic rings. The average molecular weight is 454 g/mol. The normalized spacial score (nSPS) is 26.8. The second kappa shape index (κ2) is 7.41. The van der Waals surface area contributed by atoms with E-state index in [-0.39, 0.29) is 18.3 Å². The van der Waals surface area contributed by atoms with Gasteiger partial charge >= 0.3 is 0 Å². The van der Waals surface area contributed by atoms with Crippen molar-refractivity contribution in [2.24, 2.45) is 0 Å². The molecule has 0 spiro atoms. The van der Waals surface area contributed by atoms with E-state index in [0.29, 0.717) is 17.0 Å². The Morgan fingerprint density at radius 1 is 1.19 bits per heavy atom. The van der Waals surface area contributed by atoms with Gasteiger partial charge in [-0.05, 0) is 31.5 Å². The zero-order chi connectivity index (χ0) is 21.9. The van der Waals surface area contributed by atoms with Crippen LogP contribution in [-0.4, -0.2) is 59.3 Å². The van der Waals surface area contributed by atoms with Gasteiger partial charge < -0.3 is 24.9 Å². The van der Waals surface area contributed by atoms with Crippen LogP contribution in [0.3, 0.4) is 0 Å². The van der Waals surface area contributed by atoms with Gasteiger partial charge in [-0.3, -0.25) is 4.57 Å². The molecular weight excluding hydrogens is 430 g/mol. The van der Waals surface area contributed by atoms with Crippen molar-refractivity contribution in [3.05, 3.63) is 42.7 Å². The van der Waals surface area contributed by atoms with Gasteiger partial charge in [0, 0.05) is 29.3 Å². The molecule has 0 aliphatic carbocycles. The van der Waals surface area contributed by atoms with Crippen LogP contribution in [0.15, 0.2) is 37.2 Å². The molecule has 6 heterocycles. The number of fused-ring (bicyclic) bond motifs is 3. The summed E-state index contributed by atoms with van der Waals surface area (Å²) in [6.07, 6.45) is 5.90. The molecule has 3 N–H and O–H groups in total. The average Bonchev–Trinajstić information content (AvgIpc) is 3.51. The molecule has 0 saturated carbocycles. The first-order valence-electron chi connectivity index (χ1n) is 10.4. The Morgan fingerprint density at radius 3 is 2.97 bits per heavy atom. The van der Waals surface area contributed by atoms with Crippen molar-refractivity contribution in [3.8, 4) is 0 Å². The Morgan fingerprint density at radius 2 is 2.06 bits per heavy atom. The minimum Gasteiger partial charge on any atom is -0.382 e. The SMILES string of the molecule is CC1(C)O[C@@H]2[C@H](O1)[C@@H](CSCc1c[nH]c3ncccc13)O[C@H]2n1cnc2c(N)ncnc21. The van der Waals surface area contributed by atoms with E-state index in [4.69, 9.17) is 19.9 Å². The molecule has 10 nitrogen and oxygen atoms in total. The minimum atomic E-state index is -0.687. The first-order valence-corrected chi connectivity index (χ1v) is 11.6. The van der Waals surface area contributed by atoms with Gasteiger partial charge in [0.1, 0.15) is 29.7 Å². The van der Waals surface area contributed by atoms with Crippen molar-refractivity contribution >= 4 is 39.8 Å². The number of pyridine rings is 1. The maximum Gasteiger partial charge on any atom is 0.167 e. The first kappa shape index (κ1) is 19.9. The zero-order valence-electron chi connectivity index (χ0n) is 17.6. The van der Waals surface area contributed by atoms with Gasteiger partial charge in [-0.15, -0.1) is 0 Å². The van der Waals surface area contributed by atoms with Crippen molar-refractivity contribution in [1.82, 2.24) is 29.5 Å². The number of nitrogen functional groups attached to an aromatic ring is 1. The zero-order valence-corrected chi connectivity index (χ0v) is 18.5. The number of imidazole rings is 1. The molecule has 0 radical (unpaired) electrons. The van der Waals surface area contributed by atoms with E-state index >= 15 is 0 Å². The van der Waals surface area contributed by atoms with Crippen molar-refractivity contribution in [1.29, 1.82) is 0 Å². The predicted molar refractivity (Wildman–Crippen MR) is 120 cm³/mol. The van der Waals surface area contributed by atoms with E-state index in [1.807, 2.05) is 30.7 Å². The quantitative estimate of drug-likeness (QED) is 0.469. The molecule has 2 fully saturated rings. The predicted octanol–water partition coefficient (Wildman–Crippen LogP) is 2.64. The van der Waals surface area contributed by atoms with E-state index in [2.05, 4.69) is 31.0 Å². The Balaban J connectivity index is 1.23. The third-order valence-corrected chi connectivity index (χ3v) is 6.94. The molecule has 32 heavy (non-hydrogen) atoms. The Kier molecular flexibility index (Phi) is 4.61. The Hall–Kier alpha value is -2.73. The van der Waals surface area contributed by atoms with Gasteiger partial charge in [-0.25, -0.2) is 19.9 Å². The Bertz CT molecular complexity index is 1290. The fraction of sp³-hybridized carbons (Fsp3) is 0.429. The van der Waals surface area contributed by atoms with Crippen LogP contribution >= 0.6 is 11.8 Å². The van der Waals surface area contributed by atoms with Crippen LogP contribution in [0.25, 0.3) is 22.2 Å². The summed E-state index contributed by atoms with van der Waals surface area (Å²) in [6.45, 7) is 3.86. The smallest absolute Gasteiger partial charge is 0.167 e. The number of thioether (sulfide) groups is 1. The molecule has 2 saturated heterocycles. The van der Waals surface area contributed by atoms with Crippen molar-refractivity contribution in [3.63, 3.8) is 0 Å². The molecule has 0 bridgehead atoms. The van der Waals surface area contributed by atoms with Crippen LogP contribution in [0, 0.1) is 0 Å². The number of nitrogens with two attached hydrogens (primary N) is 1. The number of anilines is 1. The first-order chi connectivity index (χ1) is 15.5. The van der Waals surface area contributed by atoms with E-state index < -0.39 is 12.0 Å². The lowest BCUT2D eigenvalue weighted by Gasteiger charge is -2.24. The lowest BCUT2D eigenvalue weighted by Crippen LogP contribution is -2.31. The molecule has 6 rings (SSSR count). The van der Waals surface area contributed by atoms with Crippen molar-refractivity contribution in [2.45, 2.75) is 49.9 Å². The van der Waals surface area contributed by atoms with Crippen LogP contribution in [0.2, 0.25) is 0 Å². The minimum absolute atomic E-state index is 0.142. The number of ether oxygens (including phenoxy) is 3. The molecule has 0 unspecified atom stereocenters. The van der Waals surface area contributed by atoms with Crippen LogP contribution in [0.4, 0.5) is 5.82 Å². The van der Waals surface area contributed by atoms with Gasteiger partial charge in [-0.1, -0.05) is 0 Å². The summed E-state index contributed by atoms with van der Waals surface area (Å²) >= 11 is 1.80. The summed E-state index contributed by atoms with van der Waals surface area (Å²) in [5.41, 5.74) is 9.26. The maximum absolute atomic E-state index is 6.45. The van der Waals surface area contributed by atoms with E-state index in [9.17, 15) is 0 Å². The van der Waals surface area contributed by atoms with Crippen molar-refractivity contribution in [2.75, 3.05) is 11.5 Å². The molecule has 0 amide bonds. The highest BCUT2D eigenvalue weighted by Crippen LogP contribution is 2.44. The summed E-state index contributed by atoms with van der Waals surface area (Å²) in [5, 5.41) is 1.15. The highest BCUT2D eigenvalue weighted by molar-refractivity contribution is 7.98. The highest BCUT2D eigenvalue weighted by atomic mass is 32.2. The second-order valence-corrected chi connectivity index (χ2v) is 9.47. The summed E-state index contributed by atoms with van der Waals surface area (Å²) < 4.78 is 20.8. The van der Waals surface area contributed by atoms with Crippen LogP contribution in [-0.2, 0) is 20.0 Å².